The first-order valence-electron chi connectivity index (χ1n) is 6.66. The van der Waals surface area contributed by atoms with Gasteiger partial charge in [-0.15, -0.1) is 0 Å². The van der Waals surface area contributed by atoms with Crippen LogP contribution in [0.3, 0.4) is 0 Å². The number of carboxylic acid groups (broad SMARTS) is 1. The maximum Gasteiger partial charge on any atom is 0.335 e. The molecule has 4 heteroatoms. The Morgan fingerprint density at radius 3 is 2.19 bits per heavy atom. The fraction of sp³-hybridized carbons (Fsp3) is 0.176. The van der Waals surface area contributed by atoms with Gasteiger partial charge < -0.3 is 9.84 Å². The number of carbonyl (C=O) groups excluding carboxylic acids is 1. The summed E-state index contributed by atoms with van der Waals surface area (Å²) in [5.74, 6) is 0.319. The van der Waals surface area contributed by atoms with Gasteiger partial charge in [-0.3, -0.25) is 4.79 Å². The number of hydrogen-bond acceptors (Lipinski definition) is 3. The molecule has 0 heterocycles. The quantitative estimate of drug-likeness (QED) is 0.840. The molecule has 0 spiro atoms. The van der Waals surface area contributed by atoms with Gasteiger partial charge in [-0.05, 0) is 55.0 Å². The molecular weight excluding hydrogens is 268 g/mol. The van der Waals surface area contributed by atoms with Crippen LogP contribution >= 0.6 is 0 Å². The lowest BCUT2D eigenvalue weighted by molar-refractivity contribution is 0.0696. The second-order valence-electron chi connectivity index (χ2n) is 4.69. The third kappa shape index (κ3) is 3.48. The number of ketones is 1. The highest BCUT2D eigenvalue weighted by Gasteiger charge is 2.08. The minimum atomic E-state index is -0.966. The zero-order valence-corrected chi connectivity index (χ0v) is 11.9. The molecule has 108 valence electrons. The molecule has 2 rings (SSSR count). The second-order valence-corrected chi connectivity index (χ2v) is 4.69. The van der Waals surface area contributed by atoms with Gasteiger partial charge in [0.2, 0.25) is 0 Å². The molecular formula is C17H16O4. The maximum atomic E-state index is 11.5. The molecule has 1 N–H and O–H groups in total. The minimum absolute atomic E-state index is 0.0866. The topological polar surface area (TPSA) is 63.6 Å². The Morgan fingerprint density at radius 2 is 1.67 bits per heavy atom. The lowest BCUT2D eigenvalue weighted by Crippen LogP contribution is -1.98. The molecule has 0 unspecified atom stereocenters. The number of aromatic carboxylic acids is 1. The predicted octanol–water partition coefficient (Wildman–Crippen LogP) is 4.08. The van der Waals surface area contributed by atoms with Crippen molar-refractivity contribution in [2.45, 2.75) is 20.3 Å². The van der Waals surface area contributed by atoms with Gasteiger partial charge in [0.05, 0.1) is 5.56 Å². The van der Waals surface area contributed by atoms with Crippen molar-refractivity contribution in [1.29, 1.82) is 0 Å². The molecule has 0 fully saturated rings. The molecule has 4 nitrogen and oxygen atoms in total. The number of benzene rings is 2. The van der Waals surface area contributed by atoms with Crippen LogP contribution in [-0.4, -0.2) is 16.9 Å². The van der Waals surface area contributed by atoms with Gasteiger partial charge in [-0.1, -0.05) is 6.92 Å². The van der Waals surface area contributed by atoms with Crippen molar-refractivity contribution in [1.82, 2.24) is 0 Å². The Balaban J connectivity index is 2.18. The number of aryl methyl sites for hydroxylation is 1. The average molecular weight is 284 g/mol. The third-order valence-electron chi connectivity index (χ3n) is 3.15. The molecule has 0 saturated heterocycles. The number of Topliss-reactive ketones (excluding diaryl/α,β-unsaturated/α-hetero) is 1. The monoisotopic (exact) mass is 284 g/mol. The van der Waals surface area contributed by atoms with Crippen LogP contribution in [0.25, 0.3) is 0 Å². The van der Waals surface area contributed by atoms with Crippen molar-refractivity contribution in [3.63, 3.8) is 0 Å². The van der Waals surface area contributed by atoms with Crippen molar-refractivity contribution >= 4 is 11.8 Å². The Hall–Kier alpha value is -2.62. The van der Waals surface area contributed by atoms with Crippen molar-refractivity contribution in [3.05, 3.63) is 59.2 Å². The summed E-state index contributed by atoms with van der Waals surface area (Å²) in [6, 6.07) is 11.6. The van der Waals surface area contributed by atoms with Gasteiger partial charge in [-0.25, -0.2) is 4.79 Å². The fourth-order valence-electron chi connectivity index (χ4n) is 1.94. The van der Waals surface area contributed by atoms with E-state index in [2.05, 4.69) is 0 Å². The summed E-state index contributed by atoms with van der Waals surface area (Å²) >= 11 is 0. The standard InChI is InChI=1S/C17H16O4/c1-3-15(18)12-4-7-14(8-5-12)21-16-9-6-13(17(19)20)10-11(16)2/h4-10H,3H2,1-2H3,(H,19,20). The zero-order chi connectivity index (χ0) is 15.4. The smallest absolute Gasteiger partial charge is 0.335 e. The van der Waals surface area contributed by atoms with Crippen LogP contribution in [0, 0.1) is 6.92 Å². The van der Waals surface area contributed by atoms with Crippen molar-refractivity contribution in [2.24, 2.45) is 0 Å². The van der Waals surface area contributed by atoms with E-state index in [1.807, 2.05) is 6.92 Å². The molecule has 0 aromatic heterocycles. The van der Waals surface area contributed by atoms with E-state index in [0.717, 1.165) is 5.56 Å². The molecule has 0 atom stereocenters. The van der Waals surface area contributed by atoms with Crippen LogP contribution < -0.4 is 4.74 Å². The van der Waals surface area contributed by atoms with Crippen molar-refractivity contribution < 1.29 is 19.4 Å². The molecule has 0 bridgehead atoms. The summed E-state index contributed by atoms with van der Waals surface area (Å²) in [5, 5.41) is 8.92. The van der Waals surface area contributed by atoms with E-state index >= 15 is 0 Å². The molecule has 21 heavy (non-hydrogen) atoms. The predicted molar refractivity (Wildman–Crippen MR) is 79.3 cm³/mol. The first-order valence-corrected chi connectivity index (χ1v) is 6.66. The Kier molecular flexibility index (Phi) is 4.38. The summed E-state index contributed by atoms with van der Waals surface area (Å²) in [4.78, 5) is 22.4. The van der Waals surface area contributed by atoms with Gasteiger partial charge in [0.25, 0.3) is 0 Å². The van der Waals surface area contributed by atoms with E-state index in [1.54, 1.807) is 43.3 Å². The molecule has 0 saturated carbocycles. The number of carboxylic acids is 1. The fourth-order valence-corrected chi connectivity index (χ4v) is 1.94. The van der Waals surface area contributed by atoms with E-state index in [9.17, 15) is 9.59 Å². The molecule has 0 aliphatic carbocycles. The van der Waals surface area contributed by atoms with Crippen molar-refractivity contribution in [2.75, 3.05) is 0 Å². The summed E-state index contributed by atoms with van der Waals surface area (Å²) in [6.45, 7) is 3.61. The molecule has 0 amide bonds. The van der Waals surface area contributed by atoms with Gasteiger partial charge in [0.15, 0.2) is 5.78 Å². The van der Waals surface area contributed by atoms with Crippen molar-refractivity contribution in [3.8, 4) is 11.5 Å². The summed E-state index contributed by atoms with van der Waals surface area (Å²) in [7, 11) is 0. The molecule has 2 aromatic rings. The molecule has 0 aliphatic rings. The average Bonchev–Trinajstić information content (AvgIpc) is 2.49. The van der Waals surface area contributed by atoms with Crippen LogP contribution in [0.2, 0.25) is 0 Å². The first kappa shape index (κ1) is 14.8. The zero-order valence-electron chi connectivity index (χ0n) is 11.9. The number of hydrogen-bond donors (Lipinski definition) is 1. The second kappa shape index (κ2) is 6.22. The highest BCUT2D eigenvalue weighted by molar-refractivity contribution is 5.95. The maximum absolute atomic E-state index is 11.5. The van der Waals surface area contributed by atoms with E-state index in [0.29, 0.717) is 23.5 Å². The summed E-state index contributed by atoms with van der Waals surface area (Å²) < 4.78 is 5.71. The van der Waals surface area contributed by atoms with Crippen LogP contribution in [0.5, 0.6) is 11.5 Å². The summed E-state index contributed by atoms with van der Waals surface area (Å²) in [6.07, 6.45) is 0.468. The minimum Gasteiger partial charge on any atom is -0.478 e. The van der Waals surface area contributed by atoms with Crippen LogP contribution in [0.15, 0.2) is 42.5 Å². The first-order chi connectivity index (χ1) is 10.0. The normalized spacial score (nSPS) is 10.2. The third-order valence-corrected chi connectivity index (χ3v) is 3.15. The molecule has 0 aliphatic heterocycles. The Bertz CT molecular complexity index is 672. The van der Waals surface area contributed by atoms with Gasteiger partial charge in [-0.2, -0.15) is 0 Å². The van der Waals surface area contributed by atoms with E-state index < -0.39 is 5.97 Å². The van der Waals surface area contributed by atoms with E-state index in [1.165, 1.54) is 6.07 Å². The van der Waals surface area contributed by atoms with Crippen LogP contribution in [-0.2, 0) is 0 Å². The summed E-state index contributed by atoms with van der Waals surface area (Å²) in [5.41, 5.74) is 1.62. The molecule has 2 aromatic carbocycles. The van der Waals surface area contributed by atoms with Crippen LogP contribution in [0.4, 0.5) is 0 Å². The Labute approximate surface area is 123 Å². The number of carbonyl (C=O) groups is 2. The van der Waals surface area contributed by atoms with Gasteiger partial charge >= 0.3 is 5.97 Å². The SMILES string of the molecule is CCC(=O)c1ccc(Oc2ccc(C(=O)O)cc2C)cc1. The molecule has 0 radical (unpaired) electrons. The van der Waals surface area contributed by atoms with Crippen LogP contribution in [0.1, 0.15) is 39.6 Å². The number of ether oxygens (including phenoxy) is 1. The van der Waals surface area contributed by atoms with Gasteiger partial charge in [0.1, 0.15) is 11.5 Å². The highest BCUT2D eigenvalue weighted by atomic mass is 16.5. The van der Waals surface area contributed by atoms with E-state index in [-0.39, 0.29) is 11.3 Å². The largest absolute Gasteiger partial charge is 0.478 e. The Morgan fingerprint density at radius 1 is 1.05 bits per heavy atom. The lowest BCUT2D eigenvalue weighted by Gasteiger charge is -2.09. The van der Waals surface area contributed by atoms with E-state index in [4.69, 9.17) is 9.84 Å². The highest BCUT2D eigenvalue weighted by Crippen LogP contribution is 2.26. The number of rotatable bonds is 5. The lowest BCUT2D eigenvalue weighted by atomic mass is 10.1. The van der Waals surface area contributed by atoms with Gasteiger partial charge in [0, 0.05) is 12.0 Å².